The number of nitrogens with two attached hydrogens (primary N) is 1. The van der Waals surface area contributed by atoms with Gasteiger partial charge in [0.2, 0.25) is 0 Å². The van der Waals surface area contributed by atoms with Gasteiger partial charge < -0.3 is 10.5 Å². The molecule has 3 heteroatoms. The van der Waals surface area contributed by atoms with Gasteiger partial charge in [-0.2, -0.15) is 5.26 Å². The molecule has 1 rings (SSSR count). The third-order valence-corrected chi connectivity index (χ3v) is 3.19. The highest BCUT2D eigenvalue weighted by Gasteiger charge is 2.24. The Morgan fingerprint density at radius 1 is 1.53 bits per heavy atom. The van der Waals surface area contributed by atoms with Crippen LogP contribution in [0.1, 0.15) is 46.0 Å². The Morgan fingerprint density at radius 3 is 2.87 bits per heavy atom. The van der Waals surface area contributed by atoms with Crippen molar-refractivity contribution in [2.24, 2.45) is 11.7 Å². The molecule has 0 saturated heterocycles. The Bertz CT molecular complexity index is 232. The minimum Gasteiger partial charge on any atom is -0.375 e. The summed E-state index contributed by atoms with van der Waals surface area (Å²) in [4.78, 5) is 0. The molecule has 1 saturated carbocycles. The molecule has 86 valence electrons. The van der Waals surface area contributed by atoms with Gasteiger partial charge in [0.15, 0.2) is 0 Å². The molecule has 2 N–H and O–H groups in total. The molecule has 3 nitrogen and oxygen atoms in total. The number of nitriles is 1. The van der Waals surface area contributed by atoms with Crippen LogP contribution in [0, 0.1) is 17.2 Å². The van der Waals surface area contributed by atoms with Crippen molar-refractivity contribution in [3.8, 4) is 6.07 Å². The SMILES string of the molecule is CCC1CCCC(OCC(C)(N)C#N)C1. The van der Waals surface area contributed by atoms with Crippen LogP contribution in [0.25, 0.3) is 0 Å². The van der Waals surface area contributed by atoms with Gasteiger partial charge in [-0.25, -0.2) is 0 Å². The highest BCUT2D eigenvalue weighted by atomic mass is 16.5. The van der Waals surface area contributed by atoms with Gasteiger partial charge in [0, 0.05) is 0 Å². The van der Waals surface area contributed by atoms with Crippen molar-refractivity contribution in [2.75, 3.05) is 6.61 Å². The molecule has 3 unspecified atom stereocenters. The second-order valence-electron chi connectivity index (χ2n) is 4.90. The van der Waals surface area contributed by atoms with Gasteiger partial charge in [-0.3, -0.25) is 0 Å². The first-order valence-corrected chi connectivity index (χ1v) is 5.89. The van der Waals surface area contributed by atoms with Gasteiger partial charge in [0.1, 0.15) is 5.54 Å². The molecule has 1 aliphatic rings. The molecule has 0 aromatic rings. The second-order valence-corrected chi connectivity index (χ2v) is 4.90. The van der Waals surface area contributed by atoms with Crippen LogP contribution in [0.5, 0.6) is 0 Å². The fourth-order valence-electron chi connectivity index (χ4n) is 2.09. The maximum Gasteiger partial charge on any atom is 0.125 e. The first-order valence-electron chi connectivity index (χ1n) is 5.89. The van der Waals surface area contributed by atoms with Gasteiger partial charge in [-0.05, 0) is 25.7 Å². The standard InChI is InChI=1S/C12H22N2O/c1-3-10-5-4-6-11(7-10)15-9-12(2,14)8-13/h10-11H,3-7,9,14H2,1-2H3. The number of hydrogen-bond acceptors (Lipinski definition) is 3. The lowest BCUT2D eigenvalue weighted by molar-refractivity contribution is -0.00110. The van der Waals surface area contributed by atoms with E-state index in [1.165, 1.54) is 19.3 Å². The summed E-state index contributed by atoms with van der Waals surface area (Å²) in [5, 5.41) is 8.77. The molecule has 0 aliphatic heterocycles. The smallest absolute Gasteiger partial charge is 0.125 e. The topological polar surface area (TPSA) is 59.0 Å². The minimum atomic E-state index is -0.834. The lowest BCUT2D eigenvalue weighted by atomic mass is 9.85. The molecule has 0 aromatic heterocycles. The van der Waals surface area contributed by atoms with Crippen molar-refractivity contribution in [2.45, 2.75) is 57.6 Å². The Kier molecular flexibility index (Phi) is 4.56. The summed E-state index contributed by atoms with van der Waals surface area (Å²) in [6.07, 6.45) is 6.39. The molecular weight excluding hydrogens is 188 g/mol. The normalized spacial score (nSPS) is 30.5. The maximum absolute atomic E-state index is 8.77. The van der Waals surface area contributed by atoms with Crippen LogP contribution in [0.2, 0.25) is 0 Å². The zero-order chi connectivity index (χ0) is 11.3. The van der Waals surface area contributed by atoms with Gasteiger partial charge >= 0.3 is 0 Å². The van der Waals surface area contributed by atoms with Crippen LogP contribution >= 0.6 is 0 Å². The third-order valence-electron chi connectivity index (χ3n) is 3.19. The summed E-state index contributed by atoms with van der Waals surface area (Å²) in [6, 6.07) is 2.06. The zero-order valence-corrected chi connectivity index (χ0v) is 9.83. The lowest BCUT2D eigenvalue weighted by Gasteiger charge is -2.30. The minimum absolute atomic E-state index is 0.319. The average Bonchev–Trinajstić information content (AvgIpc) is 2.27. The lowest BCUT2D eigenvalue weighted by Crippen LogP contribution is -2.41. The second kappa shape index (κ2) is 5.48. The van der Waals surface area contributed by atoms with Crippen molar-refractivity contribution in [3.05, 3.63) is 0 Å². The van der Waals surface area contributed by atoms with E-state index < -0.39 is 5.54 Å². The van der Waals surface area contributed by atoms with Crippen molar-refractivity contribution in [3.63, 3.8) is 0 Å². The molecule has 0 heterocycles. The van der Waals surface area contributed by atoms with Crippen LogP contribution < -0.4 is 5.73 Å². The van der Waals surface area contributed by atoms with E-state index in [4.69, 9.17) is 15.7 Å². The molecule has 0 spiro atoms. The molecule has 1 aliphatic carbocycles. The van der Waals surface area contributed by atoms with Gasteiger partial charge in [-0.15, -0.1) is 0 Å². The fourth-order valence-corrected chi connectivity index (χ4v) is 2.09. The predicted octanol–water partition coefficient (Wildman–Crippen LogP) is 2.21. The van der Waals surface area contributed by atoms with E-state index in [0.717, 1.165) is 18.8 Å². The summed E-state index contributed by atoms with van der Waals surface area (Å²) >= 11 is 0. The van der Waals surface area contributed by atoms with Crippen LogP contribution in [0.4, 0.5) is 0 Å². The van der Waals surface area contributed by atoms with Crippen LogP contribution in [-0.2, 0) is 4.74 Å². The van der Waals surface area contributed by atoms with Gasteiger partial charge in [-0.1, -0.05) is 26.2 Å². The Morgan fingerprint density at radius 2 is 2.27 bits per heavy atom. The van der Waals surface area contributed by atoms with E-state index in [9.17, 15) is 0 Å². The van der Waals surface area contributed by atoms with E-state index in [1.54, 1.807) is 6.92 Å². The molecule has 3 atom stereocenters. The predicted molar refractivity (Wildman–Crippen MR) is 60.2 cm³/mol. The summed E-state index contributed by atoms with van der Waals surface area (Å²) in [5.74, 6) is 0.801. The molecule has 0 bridgehead atoms. The van der Waals surface area contributed by atoms with Gasteiger partial charge in [0.25, 0.3) is 0 Å². The van der Waals surface area contributed by atoms with Crippen molar-refractivity contribution < 1.29 is 4.74 Å². The van der Waals surface area contributed by atoms with E-state index >= 15 is 0 Å². The van der Waals surface area contributed by atoms with Crippen molar-refractivity contribution in [1.29, 1.82) is 5.26 Å². The molecule has 0 aromatic carbocycles. The Balaban J connectivity index is 2.30. The number of rotatable bonds is 4. The van der Waals surface area contributed by atoms with Crippen molar-refractivity contribution >= 4 is 0 Å². The van der Waals surface area contributed by atoms with Crippen LogP contribution in [0.3, 0.4) is 0 Å². The Hall–Kier alpha value is -0.590. The first-order chi connectivity index (χ1) is 7.07. The summed E-state index contributed by atoms with van der Waals surface area (Å²) in [7, 11) is 0. The third kappa shape index (κ3) is 4.19. The first kappa shape index (κ1) is 12.5. The Labute approximate surface area is 92.6 Å². The van der Waals surface area contributed by atoms with E-state index in [2.05, 4.69) is 13.0 Å². The highest BCUT2D eigenvalue weighted by molar-refractivity contribution is 5.01. The van der Waals surface area contributed by atoms with Crippen LogP contribution in [-0.4, -0.2) is 18.2 Å². The zero-order valence-electron chi connectivity index (χ0n) is 9.83. The highest BCUT2D eigenvalue weighted by Crippen LogP contribution is 2.28. The van der Waals surface area contributed by atoms with E-state index in [1.807, 2.05) is 0 Å². The number of ether oxygens (including phenoxy) is 1. The number of nitrogens with zero attached hydrogens (tertiary/aromatic N) is 1. The quantitative estimate of drug-likeness (QED) is 0.774. The molecule has 0 radical (unpaired) electrons. The van der Waals surface area contributed by atoms with Gasteiger partial charge in [0.05, 0.1) is 18.8 Å². The molecule has 15 heavy (non-hydrogen) atoms. The molecular formula is C12H22N2O. The summed E-state index contributed by atoms with van der Waals surface area (Å²) in [5.41, 5.74) is 4.88. The maximum atomic E-state index is 8.77. The fraction of sp³-hybridized carbons (Fsp3) is 0.917. The average molecular weight is 210 g/mol. The molecule has 1 fully saturated rings. The monoisotopic (exact) mass is 210 g/mol. The van der Waals surface area contributed by atoms with Crippen LogP contribution in [0.15, 0.2) is 0 Å². The summed E-state index contributed by atoms with van der Waals surface area (Å²) < 4.78 is 5.72. The number of hydrogen-bond donors (Lipinski definition) is 1. The molecule has 0 amide bonds. The van der Waals surface area contributed by atoms with E-state index in [0.29, 0.717) is 12.7 Å². The summed E-state index contributed by atoms with van der Waals surface area (Å²) in [6.45, 7) is 4.30. The van der Waals surface area contributed by atoms with E-state index in [-0.39, 0.29) is 0 Å². The van der Waals surface area contributed by atoms with Crippen molar-refractivity contribution in [1.82, 2.24) is 0 Å². The largest absolute Gasteiger partial charge is 0.375 e.